The molecule has 1 aromatic heterocycles. The number of hydrogen-bond acceptors (Lipinski definition) is 4. The fourth-order valence-corrected chi connectivity index (χ4v) is 1.65. The lowest BCUT2D eigenvalue weighted by molar-refractivity contribution is -0.137. The summed E-state index contributed by atoms with van der Waals surface area (Å²) in [5, 5.41) is 2.77. The van der Waals surface area contributed by atoms with Crippen molar-refractivity contribution in [1.29, 1.82) is 0 Å². The van der Waals surface area contributed by atoms with Crippen LogP contribution in [0.15, 0.2) is 42.6 Å². The molecule has 8 heteroatoms. The highest BCUT2D eigenvalue weighted by Gasteiger charge is 2.29. The van der Waals surface area contributed by atoms with E-state index >= 15 is 0 Å². The standard InChI is InChI=1S/C13H11F3N4O/c14-13(15,16)8-3-5-9(6-4-8)19-11-10(12(21)20-17)2-1-7-18-11/h1-7H,17H2,(H,18,19)(H,20,21). The van der Waals surface area contributed by atoms with Gasteiger partial charge in [-0.05, 0) is 36.4 Å². The predicted octanol–water partition coefficient (Wildman–Crippen LogP) is 2.45. The number of nitrogens with two attached hydrogens (primary N) is 1. The molecule has 1 amide bonds. The number of amides is 1. The molecule has 0 unspecified atom stereocenters. The smallest absolute Gasteiger partial charge is 0.340 e. The van der Waals surface area contributed by atoms with E-state index in [2.05, 4.69) is 10.3 Å². The third-order valence-corrected chi connectivity index (χ3v) is 2.66. The van der Waals surface area contributed by atoms with E-state index in [1.807, 2.05) is 5.43 Å². The maximum absolute atomic E-state index is 12.5. The van der Waals surface area contributed by atoms with Gasteiger partial charge in [0.05, 0.1) is 11.1 Å². The first-order valence-electron chi connectivity index (χ1n) is 5.82. The van der Waals surface area contributed by atoms with Gasteiger partial charge in [0.2, 0.25) is 0 Å². The maximum atomic E-state index is 12.5. The monoisotopic (exact) mass is 296 g/mol. The van der Waals surface area contributed by atoms with Crippen molar-refractivity contribution in [2.24, 2.45) is 5.84 Å². The van der Waals surface area contributed by atoms with E-state index < -0.39 is 17.6 Å². The number of hydrazine groups is 1. The van der Waals surface area contributed by atoms with E-state index in [-0.39, 0.29) is 11.4 Å². The van der Waals surface area contributed by atoms with Gasteiger partial charge in [0.15, 0.2) is 0 Å². The Morgan fingerprint density at radius 3 is 2.38 bits per heavy atom. The van der Waals surface area contributed by atoms with Crippen LogP contribution in [0.4, 0.5) is 24.7 Å². The minimum Gasteiger partial charge on any atom is -0.340 e. The Hall–Kier alpha value is -2.61. The van der Waals surface area contributed by atoms with Crippen molar-refractivity contribution in [3.8, 4) is 0 Å². The molecule has 0 fully saturated rings. The summed E-state index contributed by atoms with van der Waals surface area (Å²) < 4.78 is 37.4. The van der Waals surface area contributed by atoms with E-state index in [9.17, 15) is 18.0 Å². The van der Waals surface area contributed by atoms with Crippen LogP contribution in [0.2, 0.25) is 0 Å². The molecule has 0 bridgehead atoms. The van der Waals surface area contributed by atoms with Gasteiger partial charge < -0.3 is 5.32 Å². The van der Waals surface area contributed by atoms with Crippen molar-refractivity contribution in [3.63, 3.8) is 0 Å². The Labute approximate surface area is 118 Å². The van der Waals surface area contributed by atoms with Crippen LogP contribution in [-0.2, 0) is 6.18 Å². The summed E-state index contributed by atoms with van der Waals surface area (Å²) in [5.74, 6) is 4.69. The molecule has 0 atom stereocenters. The van der Waals surface area contributed by atoms with E-state index in [4.69, 9.17) is 5.84 Å². The first kappa shape index (κ1) is 14.8. The molecule has 1 aromatic carbocycles. The molecule has 0 aliphatic heterocycles. The summed E-state index contributed by atoms with van der Waals surface area (Å²) in [6.07, 6.45) is -2.95. The second-order valence-electron chi connectivity index (χ2n) is 4.07. The highest BCUT2D eigenvalue weighted by molar-refractivity contribution is 5.98. The van der Waals surface area contributed by atoms with E-state index in [0.29, 0.717) is 5.69 Å². The fourth-order valence-electron chi connectivity index (χ4n) is 1.65. The van der Waals surface area contributed by atoms with Crippen LogP contribution in [0.1, 0.15) is 15.9 Å². The topological polar surface area (TPSA) is 80.0 Å². The van der Waals surface area contributed by atoms with Gasteiger partial charge in [0.25, 0.3) is 5.91 Å². The SMILES string of the molecule is NNC(=O)c1cccnc1Nc1ccc(C(F)(F)F)cc1. The van der Waals surface area contributed by atoms with Gasteiger partial charge >= 0.3 is 6.18 Å². The number of carbonyl (C=O) groups is 1. The van der Waals surface area contributed by atoms with Crippen molar-refractivity contribution in [2.75, 3.05) is 5.32 Å². The lowest BCUT2D eigenvalue weighted by Crippen LogP contribution is -2.30. The molecule has 2 rings (SSSR count). The molecule has 0 aliphatic rings. The number of aromatic nitrogens is 1. The maximum Gasteiger partial charge on any atom is 0.416 e. The second-order valence-corrected chi connectivity index (χ2v) is 4.07. The summed E-state index contributed by atoms with van der Waals surface area (Å²) in [7, 11) is 0. The molecule has 0 spiro atoms. The zero-order valence-corrected chi connectivity index (χ0v) is 10.6. The Morgan fingerprint density at radius 2 is 1.81 bits per heavy atom. The number of halogens is 3. The number of pyridine rings is 1. The molecular formula is C13H11F3N4O. The molecule has 5 nitrogen and oxygen atoms in total. The van der Waals surface area contributed by atoms with Crippen LogP contribution in [0, 0.1) is 0 Å². The molecule has 0 saturated carbocycles. The largest absolute Gasteiger partial charge is 0.416 e. The molecule has 4 N–H and O–H groups in total. The van der Waals surface area contributed by atoms with Crippen LogP contribution in [0.5, 0.6) is 0 Å². The van der Waals surface area contributed by atoms with Gasteiger partial charge in [-0.25, -0.2) is 10.8 Å². The number of rotatable bonds is 3. The Bertz CT molecular complexity index is 641. The number of anilines is 2. The lowest BCUT2D eigenvalue weighted by atomic mass is 10.2. The first-order valence-corrected chi connectivity index (χ1v) is 5.82. The van der Waals surface area contributed by atoms with E-state index in [1.54, 1.807) is 6.07 Å². The predicted molar refractivity (Wildman–Crippen MR) is 70.6 cm³/mol. The summed E-state index contributed by atoms with van der Waals surface area (Å²) in [6, 6.07) is 7.41. The van der Waals surface area contributed by atoms with Crippen molar-refractivity contribution in [2.45, 2.75) is 6.18 Å². The normalized spacial score (nSPS) is 11.0. The Morgan fingerprint density at radius 1 is 1.14 bits per heavy atom. The third-order valence-electron chi connectivity index (χ3n) is 2.66. The van der Waals surface area contributed by atoms with Crippen LogP contribution >= 0.6 is 0 Å². The highest BCUT2D eigenvalue weighted by atomic mass is 19.4. The average Bonchev–Trinajstić information content (AvgIpc) is 2.46. The van der Waals surface area contributed by atoms with Gasteiger partial charge in [0, 0.05) is 11.9 Å². The minimum absolute atomic E-state index is 0.180. The highest BCUT2D eigenvalue weighted by Crippen LogP contribution is 2.30. The summed E-state index contributed by atoms with van der Waals surface area (Å²) in [4.78, 5) is 15.5. The number of nitrogens with zero attached hydrogens (tertiary/aromatic N) is 1. The molecule has 21 heavy (non-hydrogen) atoms. The molecule has 1 heterocycles. The zero-order chi connectivity index (χ0) is 15.5. The van der Waals surface area contributed by atoms with Crippen LogP contribution in [0.25, 0.3) is 0 Å². The number of nitrogens with one attached hydrogen (secondary N) is 2. The molecule has 0 radical (unpaired) electrons. The zero-order valence-electron chi connectivity index (χ0n) is 10.6. The third kappa shape index (κ3) is 3.48. The molecule has 0 aliphatic carbocycles. The quantitative estimate of drug-likeness (QED) is 0.462. The van der Waals surface area contributed by atoms with Crippen molar-refractivity contribution in [3.05, 3.63) is 53.7 Å². The van der Waals surface area contributed by atoms with Gasteiger partial charge in [-0.2, -0.15) is 13.2 Å². The summed E-state index contributed by atoms with van der Waals surface area (Å²) >= 11 is 0. The van der Waals surface area contributed by atoms with Crippen LogP contribution < -0.4 is 16.6 Å². The van der Waals surface area contributed by atoms with Crippen molar-refractivity contribution in [1.82, 2.24) is 10.4 Å². The molecule has 2 aromatic rings. The average molecular weight is 296 g/mol. The van der Waals surface area contributed by atoms with E-state index in [1.165, 1.54) is 24.4 Å². The summed E-state index contributed by atoms with van der Waals surface area (Å²) in [6.45, 7) is 0. The lowest BCUT2D eigenvalue weighted by Gasteiger charge is -2.11. The van der Waals surface area contributed by atoms with Crippen LogP contribution in [0.3, 0.4) is 0 Å². The summed E-state index contributed by atoms with van der Waals surface area (Å²) in [5.41, 5.74) is 1.76. The Kier molecular flexibility index (Phi) is 4.08. The van der Waals surface area contributed by atoms with E-state index in [0.717, 1.165) is 12.1 Å². The molecular weight excluding hydrogens is 285 g/mol. The Balaban J connectivity index is 2.25. The molecule has 0 saturated heterocycles. The van der Waals surface area contributed by atoms with Gasteiger partial charge in [-0.3, -0.25) is 10.2 Å². The minimum atomic E-state index is -4.39. The van der Waals surface area contributed by atoms with Gasteiger partial charge in [-0.1, -0.05) is 0 Å². The first-order chi connectivity index (χ1) is 9.91. The number of hydrogen-bond donors (Lipinski definition) is 3. The van der Waals surface area contributed by atoms with Gasteiger partial charge in [0.1, 0.15) is 5.82 Å². The van der Waals surface area contributed by atoms with Crippen LogP contribution in [-0.4, -0.2) is 10.9 Å². The number of alkyl halides is 3. The number of carbonyl (C=O) groups excluding carboxylic acids is 1. The van der Waals surface area contributed by atoms with Gasteiger partial charge in [-0.15, -0.1) is 0 Å². The van der Waals surface area contributed by atoms with Crippen molar-refractivity contribution >= 4 is 17.4 Å². The molecule has 110 valence electrons. The second kappa shape index (κ2) is 5.80. The fraction of sp³-hybridized carbons (Fsp3) is 0.0769. The number of nitrogen functional groups attached to an aromatic ring is 1. The van der Waals surface area contributed by atoms with Crippen molar-refractivity contribution < 1.29 is 18.0 Å². The number of benzene rings is 1.